The maximum absolute atomic E-state index is 12.6. The predicted molar refractivity (Wildman–Crippen MR) is 93.6 cm³/mol. The first-order chi connectivity index (χ1) is 11.6. The fourth-order valence-corrected chi connectivity index (χ4v) is 5.14. The van der Waals surface area contributed by atoms with Gasteiger partial charge in [0.25, 0.3) is 0 Å². The van der Waals surface area contributed by atoms with Crippen LogP contribution in [0.15, 0.2) is 23.1 Å². The first-order valence-corrected chi connectivity index (χ1v) is 10.8. The molecule has 8 nitrogen and oxygen atoms in total. The van der Waals surface area contributed by atoms with E-state index in [0.29, 0.717) is 11.3 Å². The summed E-state index contributed by atoms with van der Waals surface area (Å²) in [7, 11) is -2.83. The summed E-state index contributed by atoms with van der Waals surface area (Å²) in [6, 6.07) is 3.96. The number of nitrogens with one attached hydrogen (secondary N) is 1. The predicted octanol–water partition coefficient (Wildman–Crippen LogP) is 0.188. The number of benzene rings is 1. The maximum atomic E-state index is 12.6. The molecule has 1 aromatic carbocycles. The quantitative estimate of drug-likeness (QED) is 0.711. The Kier molecular flexibility index (Phi) is 6.10. The third kappa shape index (κ3) is 4.70. The van der Waals surface area contributed by atoms with Gasteiger partial charge in [-0.05, 0) is 30.7 Å². The summed E-state index contributed by atoms with van der Waals surface area (Å²) in [5.74, 6) is -0.0194. The van der Waals surface area contributed by atoms with Crippen molar-refractivity contribution in [1.29, 1.82) is 0 Å². The number of aryl methyl sites for hydroxylation is 1. The molecule has 2 unspecified atom stereocenters. The third-order valence-corrected chi connectivity index (χ3v) is 7.61. The lowest BCUT2D eigenvalue weighted by atomic mass is 10.1. The number of rotatable bonds is 7. The molecule has 2 rings (SSSR count). The molecule has 1 aliphatic heterocycles. The van der Waals surface area contributed by atoms with E-state index in [0.717, 1.165) is 4.31 Å². The van der Waals surface area contributed by atoms with Gasteiger partial charge in [-0.2, -0.15) is 0 Å². The van der Waals surface area contributed by atoms with Gasteiger partial charge < -0.3 is 9.47 Å². The van der Waals surface area contributed by atoms with Crippen molar-refractivity contribution in [2.45, 2.75) is 17.9 Å². The van der Waals surface area contributed by atoms with E-state index in [4.69, 9.17) is 9.47 Å². The van der Waals surface area contributed by atoms with Crippen molar-refractivity contribution in [1.82, 2.24) is 9.03 Å². The standard InChI is InChI=1S/C15H24N2O6S2/c1-11-7-13(5-6-15(11)22-4)25(20,21)16-14-9-23-8-12(14)10-24(18,19)17(2)3/h5-7,12,14,16H,8-10H2,1-4H3. The first-order valence-electron chi connectivity index (χ1n) is 7.72. The molecule has 0 aliphatic carbocycles. The molecular weight excluding hydrogens is 368 g/mol. The monoisotopic (exact) mass is 392 g/mol. The zero-order valence-corrected chi connectivity index (χ0v) is 16.4. The Hall–Kier alpha value is -1.20. The average molecular weight is 392 g/mol. The Bertz CT molecular complexity index is 820. The first kappa shape index (κ1) is 20.1. The second-order valence-electron chi connectivity index (χ2n) is 6.22. The van der Waals surface area contributed by atoms with Crippen molar-refractivity contribution in [3.05, 3.63) is 23.8 Å². The number of sulfonamides is 2. The van der Waals surface area contributed by atoms with E-state index < -0.39 is 32.0 Å². The Labute approximate surface area is 149 Å². The molecular formula is C15H24N2O6S2. The highest BCUT2D eigenvalue weighted by atomic mass is 32.2. The summed E-state index contributed by atoms with van der Waals surface area (Å²) in [6.07, 6.45) is 0. The second kappa shape index (κ2) is 7.58. The third-order valence-electron chi connectivity index (χ3n) is 4.16. The van der Waals surface area contributed by atoms with Gasteiger partial charge in [-0.25, -0.2) is 25.9 Å². The molecule has 0 amide bonds. The minimum absolute atomic E-state index is 0.104. The number of nitrogens with zero attached hydrogens (tertiary/aromatic N) is 1. The lowest BCUT2D eigenvalue weighted by molar-refractivity contribution is 0.185. The fourth-order valence-electron chi connectivity index (χ4n) is 2.60. The number of methoxy groups -OCH3 is 1. The fraction of sp³-hybridized carbons (Fsp3) is 0.600. The summed E-state index contributed by atoms with van der Waals surface area (Å²) in [5, 5.41) is 0. The van der Waals surface area contributed by atoms with Crippen LogP contribution in [-0.4, -0.2) is 67.4 Å². The SMILES string of the molecule is COc1ccc(S(=O)(=O)NC2COCC2CS(=O)(=O)N(C)C)cc1C. The van der Waals surface area contributed by atoms with Gasteiger partial charge in [0.2, 0.25) is 20.0 Å². The normalized spacial score (nSPS) is 21.6. The summed E-state index contributed by atoms with van der Waals surface area (Å²) >= 11 is 0. The van der Waals surface area contributed by atoms with E-state index in [1.807, 2.05) is 0 Å². The van der Waals surface area contributed by atoms with Gasteiger partial charge in [-0.1, -0.05) is 0 Å². The van der Waals surface area contributed by atoms with Crippen LogP contribution in [0.3, 0.4) is 0 Å². The molecule has 1 saturated heterocycles. The van der Waals surface area contributed by atoms with Gasteiger partial charge in [-0.3, -0.25) is 0 Å². The Morgan fingerprint density at radius 2 is 1.92 bits per heavy atom. The molecule has 0 aromatic heterocycles. The molecule has 1 N–H and O–H groups in total. The van der Waals surface area contributed by atoms with E-state index in [1.54, 1.807) is 13.0 Å². The van der Waals surface area contributed by atoms with E-state index in [9.17, 15) is 16.8 Å². The minimum atomic E-state index is -3.79. The zero-order chi connectivity index (χ0) is 18.8. The number of ether oxygens (including phenoxy) is 2. The molecule has 0 spiro atoms. The Morgan fingerprint density at radius 1 is 1.24 bits per heavy atom. The summed E-state index contributed by atoms with van der Waals surface area (Å²) in [5.41, 5.74) is 0.694. The lowest BCUT2D eigenvalue weighted by Gasteiger charge is -2.21. The molecule has 142 valence electrons. The van der Waals surface area contributed by atoms with Crippen LogP contribution in [0.4, 0.5) is 0 Å². The van der Waals surface area contributed by atoms with Crippen molar-refractivity contribution >= 4 is 20.0 Å². The molecule has 25 heavy (non-hydrogen) atoms. The largest absolute Gasteiger partial charge is 0.496 e. The number of hydrogen-bond acceptors (Lipinski definition) is 6. The van der Waals surface area contributed by atoms with Gasteiger partial charge in [0.05, 0.1) is 37.0 Å². The van der Waals surface area contributed by atoms with Crippen LogP contribution >= 0.6 is 0 Å². The Morgan fingerprint density at radius 3 is 2.48 bits per heavy atom. The van der Waals surface area contributed by atoms with E-state index >= 15 is 0 Å². The zero-order valence-electron chi connectivity index (χ0n) is 14.7. The summed E-state index contributed by atoms with van der Waals surface area (Å²) in [4.78, 5) is 0.104. The van der Waals surface area contributed by atoms with E-state index in [-0.39, 0.29) is 23.9 Å². The van der Waals surface area contributed by atoms with Crippen molar-refractivity contribution in [3.8, 4) is 5.75 Å². The second-order valence-corrected chi connectivity index (χ2v) is 10.2. The van der Waals surface area contributed by atoms with Gasteiger partial charge >= 0.3 is 0 Å². The molecule has 1 aromatic rings. The molecule has 1 fully saturated rings. The Balaban J connectivity index is 2.17. The van der Waals surface area contributed by atoms with Crippen LogP contribution in [0, 0.1) is 12.8 Å². The highest BCUT2D eigenvalue weighted by Crippen LogP contribution is 2.23. The number of hydrogen-bond donors (Lipinski definition) is 1. The topological polar surface area (TPSA) is 102 Å². The summed E-state index contributed by atoms with van der Waals surface area (Å²) in [6.45, 7) is 2.09. The van der Waals surface area contributed by atoms with E-state index in [1.165, 1.54) is 33.3 Å². The van der Waals surface area contributed by atoms with Crippen LogP contribution in [0.2, 0.25) is 0 Å². The molecule has 0 saturated carbocycles. The highest BCUT2D eigenvalue weighted by Gasteiger charge is 2.36. The lowest BCUT2D eigenvalue weighted by Crippen LogP contribution is -2.43. The van der Waals surface area contributed by atoms with Crippen molar-refractivity contribution < 1.29 is 26.3 Å². The molecule has 2 atom stereocenters. The molecule has 1 heterocycles. The van der Waals surface area contributed by atoms with Crippen LogP contribution in [0.5, 0.6) is 5.75 Å². The van der Waals surface area contributed by atoms with E-state index in [2.05, 4.69) is 4.72 Å². The smallest absolute Gasteiger partial charge is 0.240 e. The van der Waals surface area contributed by atoms with Crippen molar-refractivity contribution in [2.75, 3.05) is 40.2 Å². The minimum Gasteiger partial charge on any atom is -0.496 e. The highest BCUT2D eigenvalue weighted by molar-refractivity contribution is 7.89. The van der Waals surface area contributed by atoms with Crippen LogP contribution in [0.25, 0.3) is 0 Å². The molecule has 1 aliphatic rings. The molecule has 10 heteroatoms. The van der Waals surface area contributed by atoms with Crippen LogP contribution in [0.1, 0.15) is 5.56 Å². The molecule has 0 radical (unpaired) electrons. The van der Waals surface area contributed by atoms with Gasteiger partial charge in [0.15, 0.2) is 0 Å². The summed E-state index contributed by atoms with van der Waals surface area (Å²) < 4.78 is 63.5. The van der Waals surface area contributed by atoms with Crippen LogP contribution in [-0.2, 0) is 24.8 Å². The molecule has 0 bridgehead atoms. The van der Waals surface area contributed by atoms with Gasteiger partial charge in [0, 0.05) is 20.0 Å². The van der Waals surface area contributed by atoms with Crippen molar-refractivity contribution in [2.24, 2.45) is 5.92 Å². The maximum Gasteiger partial charge on any atom is 0.240 e. The van der Waals surface area contributed by atoms with Gasteiger partial charge in [0.1, 0.15) is 5.75 Å². The van der Waals surface area contributed by atoms with Crippen molar-refractivity contribution in [3.63, 3.8) is 0 Å². The van der Waals surface area contributed by atoms with Gasteiger partial charge in [-0.15, -0.1) is 0 Å². The average Bonchev–Trinajstić information content (AvgIpc) is 2.92. The van der Waals surface area contributed by atoms with Crippen LogP contribution < -0.4 is 9.46 Å².